The van der Waals surface area contributed by atoms with Gasteiger partial charge in [-0.05, 0) is 55.8 Å². The number of rotatable bonds is 3. The Morgan fingerprint density at radius 3 is 2.42 bits per heavy atom. The summed E-state index contributed by atoms with van der Waals surface area (Å²) in [4.78, 5) is 15.6. The van der Waals surface area contributed by atoms with Crippen LogP contribution >= 0.6 is 0 Å². The number of hydrogen-bond donors (Lipinski definition) is 0. The van der Waals surface area contributed by atoms with Crippen molar-refractivity contribution in [1.29, 1.82) is 0 Å². The van der Waals surface area contributed by atoms with Gasteiger partial charge in [-0.25, -0.2) is 18.0 Å². The molecular formula is C19H19F3N2O2. The molecule has 7 heteroatoms. The molecule has 0 aliphatic carbocycles. The smallest absolute Gasteiger partial charge is 0.415 e. The Labute approximate surface area is 149 Å². The van der Waals surface area contributed by atoms with Gasteiger partial charge in [-0.3, -0.25) is 9.80 Å². The van der Waals surface area contributed by atoms with Crippen molar-refractivity contribution >= 4 is 11.8 Å². The van der Waals surface area contributed by atoms with Crippen LogP contribution in [0.25, 0.3) is 11.1 Å². The predicted octanol–water partition coefficient (Wildman–Crippen LogP) is 4.40. The second kappa shape index (κ2) is 7.37. The molecule has 1 fully saturated rings. The molecule has 138 valence electrons. The van der Waals surface area contributed by atoms with Crippen molar-refractivity contribution in [3.63, 3.8) is 0 Å². The monoisotopic (exact) mass is 364 g/mol. The zero-order valence-corrected chi connectivity index (χ0v) is 14.5. The van der Waals surface area contributed by atoms with E-state index in [2.05, 4.69) is 0 Å². The molecule has 0 radical (unpaired) electrons. The molecule has 26 heavy (non-hydrogen) atoms. The lowest BCUT2D eigenvalue weighted by Crippen LogP contribution is -2.36. The van der Waals surface area contributed by atoms with Gasteiger partial charge in [0.2, 0.25) is 0 Å². The summed E-state index contributed by atoms with van der Waals surface area (Å²) in [5.74, 6) is -2.15. The molecule has 4 nitrogen and oxygen atoms in total. The molecule has 3 rings (SSSR count). The number of amides is 1. The zero-order chi connectivity index (χ0) is 18.8. The van der Waals surface area contributed by atoms with E-state index in [1.54, 1.807) is 0 Å². The third kappa shape index (κ3) is 3.83. The van der Waals surface area contributed by atoms with Gasteiger partial charge in [0.25, 0.3) is 0 Å². The third-order valence-corrected chi connectivity index (χ3v) is 4.46. The zero-order valence-electron chi connectivity index (χ0n) is 14.5. The van der Waals surface area contributed by atoms with E-state index in [4.69, 9.17) is 4.74 Å². The first-order chi connectivity index (χ1) is 12.3. The molecule has 0 bridgehead atoms. The molecule has 0 spiro atoms. The first-order valence-corrected chi connectivity index (χ1v) is 8.26. The van der Waals surface area contributed by atoms with E-state index in [1.165, 1.54) is 24.1 Å². The Morgan fingerprint density at radius 2 is 1.81 bits per heavy atom. The van der Waals surface area contributed by atoms with Gasteiger partial charge in [-0.2, -0.15) is 0 Å². The highest BCUT2D eigenvalue weighted by molar-refractivity contribution is 5.93. The Hall–Kier alpha value is -2.54. The lowest BCUT2D eigenvalue weighted by atomic mass is 10.0. The van der Waals surface area contributed by atoms with E-state index >= 15 is 0 Å². The number of carbonyl (C=O) groups excluding carboxylic acids is 1. The number of benzene rings is 2. The van der Waals surface area contributed by atoms with Crippen LogP contribution in [-0.4, -0.2) is 37.9 Å². The fourth-order valence-electron chi connectivity index (χ4n) is 3.06. The highest BCUT2D eigenvalue weighted by Gasteiger charge is 2.27. The quantitative estimate of drug-likeness (QED) is 0.810. The maximum Gasteiger partial charge on any atom is 0.415 e. The molecule has 0 unspecified atom stereocenters. The molecular weight excluding hydrogens is 345 g/mol. The SMILES string of the molecule is CN(C(=O)O[C@H]1CCCN1C)c1ccc(F)cc1-c1cc(F)cc(F)c1. The van der Waals surface area contributed by atoms with Gasteiger partial charge in [-0.15, -0.1) is 0 Å². The topological polar surface area (TPSA) is 32.8 Å². The summed E-state index contributed by atoms with van der Waals surface area (Å²) in [7, 11) is 3.34. The van der Waals surface area contributed by atoms with Crippen LogP contribution in [0.3, 0.4) is 0 Å². The minimum atomic E-state index is -0.784. The van der Waals surface area contributed by atoms with Crippen LogP contribution in [0.1, 0.15) is 12.8 Å². The molecule has 1 heterocycles. The largest absolute Gasteiger partial charge is 0.430 e. The van der Waals surface area contributed by atoms with Crippen LogP contribution in [0.15, 0.2) is 36.4 Å². The summed E-state index contributed by atoms with van der Waals surface area (Å²) in [5.41, 5.74) is 0.624. The van der Waals surface area contributed by atoms with E-state index in [1.807, 2.05) is 11.9 Å². The third-order valence-electron chi connectivity index (χ3n) is 4.46. The van der Waals surface area contributed by atoms with Crippen LogP contribution in [0.4, 0.5) is 23.7 Å². The van der Waals surface area contributed by atoms with E-state index in [9.17, 15) is 18.0 Å². The molecule has 1 aliphatic rings. The van der Waals surface area contributed by atoms with E-state index in [-0.39, 0.29) is 17.4 Å². The van der Waals surface area contributed by atoms with Crippen molar-refractivity contribution in [2.45, 2.75) is 19.1 Å². The molecule has 0 N–H and O–H groups in total. The van der Waals surface area contributed by atoms with Crippen molar-refractivity contribution < 1.29 is 22.7 Å². The summed E-state index contributed by atoms with van der Waals surface area (Å²) in [6.45, 7) is 0.839. The minimum Gasteiger partial charge on any atom is -0.430 e. The lowest BCUT2D eigenvalue weighted by Gasteiger charge is -2.25. The van der Waals surface area contributed by atoms with Gasteiger partial charge in [0.15, 0.2) is 6.23 Å². The minimum absolute atomic E-state index is 0.134. The van der Waals surface area contributed by atoms with E-state index in [0.717, 1.165) is 43.7 Å². The normalized spacial score (nSPS) is 17.3. The summed E-state index contributed by atoms with van der Waals surface area (Å²) in [6, 6.07) is 6.61. The van der Waals surface area contributed by atoms with Crippen LogP contribution in [-0.2, 0) is 4.74 Å². The summed E-state index contributed by atoms with van der Waals surface area (Å²) in [5, 5.41) is 0. The van der Waals surface area contributed by atoms with Gasteiger partial charge in [0.1, 0.15) is 17.5 Å². The van der Waals surface area contributed by atoms with Gasteiger partial charge in [0.05, 0.1) is 5.69 Å². The molecule has 1 saturated heterocycles. The first-order valence-electron chi connectivity index (χ1n) is 8.26. The Kier molecular flexibility index (Phi) is 5.18. The number of anilines is 1. The number of nitrogens with zero attached hydrogens (tertiary/aromatic N) is 2. The van der Waals surface area contributed by atoms with Gasteiger partial charge >= 0.3 is 6.09 Å². The average Bonchev–Trinajstić information content (AvgIpc) is 2.98. The first kappa shape index (κ1) is 18.3. The summed E-state index contributed by atoms with van der Waals surface area (Å²) >= 11 is 0. The Bertz CT molecular complexity index is 808. The number of likely N-dealkylation sites (tertiary alicyclic amines) is 1. The van der Waals surface area contributed by atoms with Crippen molar-refractivity contribution in [2.75, 3.05) is 25.5 Å². The fraction of sp³-hybridized carbons (Fsp3) is 0.316. The van der Waals surface area contributed by atoms with Crippen molar-refractivity contribution in [3.8, 4) is 11.1 Å². The van der Waals surface area contributed by atoms with Crippen molar-refractivity contribution in [3.05, 3.63) is 53.8 Å². The second-order valence-corrected chi connectivity index (χ2v) is 6.34. The van der Waals surface area contributed by atoms with Crippen LogP contribution in [0, 0.1) is 17.5 Å². The molecule has 1 amide bonds. The van der Waals surface area contributed by atoms with Crippen LogP contribution in [0.5, 0.6) is 0 Å². The molecule has 0 aromatic heterocycles. The van der Waals surface area contributed by atoms with Gasteiger partial charge in [0, 0.05) is 25.2 Å². The van der Waals surface area contributed by atoms with Crippen LogP contribution in [0.2, 0.25) is 0 Å². The van der Waals surface area contributed by atoms with Gasteiger partial charge < -0.3 is 4.74 Å². The standard InChI is InChI=1S/C19H19F3N2O2/c1-23-7-3-4-18(23)26-19(25)24(2)17-6-5-13(20)11-16(17)12-8-14(21)10-15(22)9-12/h5-6,8-11,18H,3-4,7H2,1-2H3/t18-/m0/s1. The van der Waals surface area contributed by atoms with Crippen LogP contribution < -0.4 is 4.90 Å². The Balaban J connectivity index is 1.93. The predicted molar refractivity (Wildman–Crippen MR) is 92.3 cm³/mol. The number of ether oxygens (including phenoxy) is 1. The molecule has 2 aromatic rings. The van der Waals surface area contributed by atoms with Crippen molar-refractivity contribution in [1.82, 2.24) is 4.90 Å². The Morgan fingerprint density at radius 1 is 1.12 bits per heavy atom. The van der Waals surface area contributed by atoms with E-state index in [0.29, 0.717) is 5.69 Å². The maximum absolute atomic E-state index is 13.7. The lowest BCUT2D eigenvalue weighted by molar-refractivity contribution is 0.0315. The fourth-order valence-corrected chi connectivity index (χ4v) is 3.06. The second-order valence-electron chi connectivity index (χ2n) is 6.34. The summed E-state index contributed by atoms with van der Waals surface area (Å²) in [6.07, 6.45) is 0.734. The highest BCUT2D eigenvalue weighted by atomic mass is 19.1. The number of hydrogen-bond acceptors (Lipinski definition) is 3. The summed E-state index contributed by atoms with van der Waals surface area (Å²) < 4.78 is 46.4. The van der Waals surface area contributed by atoms with Gasteiger partial charge in [-0.1, -0.05) is 0 Å². The molecule has 2 aromatic carbocycles. The average molecular weight is 364 g/mol. The van der Waals surface area contributed by atoms with Crippen molar-refractivity contribution in [2.24, 2.45) is 0 Å². The number of halogens is 3. The molecule has 1 aliphatic heterocycles. The number of carbonyl (C=O) groups is 1. The molecule has 1 atom stereocenters. The molecule has 0 saturated carbocycles. The highest BCUT2D eigenvalue weighted by Crippen LogP contribution is 2.33. The van der Waals surface area contributed by atoms with E-state index < -0.39 is 23.5 Å². The maximum atomic E-state index is 13.7.